The first-order chi connectivity index (χ1) is 9.66. The minimum absolute atomic E-state index is 0.186. The van der Waals surface area contributed by atoms with E-state index in [-0.39, 0.29) is 6.04 Å². The van der Waals surface area contributed by atoms with Gasteiger partial charge in [-0.05, 0) is 30.6 Å². The maximum atomic E-state index is 5.74. The number of nitrogens with zero attached hydrogens (tertiary/aromatic N) is 3. The lowest BCUT2D eigenvalue weighted by atomic mass is 10.2. The number of aromatic nitrogens is 1. The molecule has 0 spiro atoms. The highest BCUT2D eigenvalue weighted by Crippen LogP contribution is 2.31. The second-order valence-corrected chi connectivity index (χ2v) is 6.33. The molecule has 0 aliphatic carbocycles. The Labute approximate surface area is 128 Å². The molecule has 1 aliphatic heterocycles. The molecule has 0 saturated carbocycles. The number of benzene rings is 1. The van der Waals surface area contributed by atoms with Crippen LogP contribution in [0, 0.1) is 0 Å². The second-order valence-electron chi connectivity index (χ2n) is 5.11. The van der Waals surface area contributed by atoms with Crippen LogP contribution in [0.4, 0.5) is 5.00 Å². The molecule has 20 heavy (non-hydrogen) atoms. The normalized spacial score (nSPS) is 18.4. The minimum Gasteiger partial charge on any atom is -0.392 e. The molecule has 1 atom stereocenters. The van der Waals surface area contributed by atoms with Gasteiger partial charge in [-0.1, -0.05) is 24.4 Å². The van der Waals surface area contributed by atoms with Crippen LogP contribution in [0.15, 0.2) is 24.3 Å². The second kappa shape index (κ2) is 5.63. The van der Waals surface area contributed by atoms with Crippen molar-refractivity contribution in [3.63, 3.8) is 0 Å². The molecule has 1 aromatic carbocycles. The van der Waals surface area contributed by atoms with E-state index in [1.165, 1.54) is 10.4 Å². The molecular formula is C14H18N4S2. The average Bonchev–Trinajstić information content (AvgIpc) is 2.90. The largest absolute Gasteiger partial charge is 0.392 e. The first-order valence-corrected chi connectivity index (χ1v) is 7.97. The number of piperazine rings is 1. The summed E-state index contributed by atoms with van der Waals surface area (Å²) in [6.07, 6.45) is 0. The zero-order valence-electron chi connectivity index (χ0n) is 11.5. The van der Waals surface area contributed by atoms with Gasteiger partial charge in [0.2, 0.25) is 0 Å². The fourth-order valence-electron chi connectivity index (χ4n) is 2.60. The summed E-state index contributed by atoms with van der Waals surface area (Å²) in [5.74, 6) is 0. The van der Waals surface area contributed by atoms with Crippen LogP contribution in [-0.4, -0.2) is 46.5 Å². The smallest absolute Gasteiger partial charge is 0.120 e. The van der Waals surface area contributed by atoms with E-state index in [9.17, 15) is 0 Å². The molecule has 3 rings (SSSR count). The number of anilines is 1. The highest BCUT2D eigenvalue weighted by Gasteiger charge is 2.24. The molecule has 1 fully saturated rings. The summed E-state index contributed by atoms with van der Waals surface area (Å²) in [5.41, 5.74) is 6.83. The van der Waals surface area contributed by atoms with Gasteiger partial charge in [-0.15, -0.1) is 0 Å². The molecule has 1 unspecified atom stereocenters. The zero-order valence-corrected chi connectivity index (χ0v) is 13.1. The Hall–Kier alpha value is -1.24. The van der Waals surface area contributed by atoms with Gasteiger partial charge in [0.1, 0.15) is 5.00 Å². The predicted octanol–water partition coefficient (Wildman–Crippen LogP) is 2.09. The van der Waals surface area contributed by atoms with Crippen LogP contribution in [0.1, 0.15) is 6.92 Å². The van der Waals surface area contributed by atoms with Gasteiger partial charge < -0.3 is 10.6 Å². The number of rotatable bonds is 3. The molecule has 0 bridgehead atoms. The summed E-state index contributed by atoms with van der Waals surface area (Å²) in [7, 11) is 0. The van der Waals surface area contributed by atoms with E-state index >= 15 is 0 Å². The van der Waals surface area contributed by atoms with Gasteiger partial charge in [0.25, 0.3) is 0 Å². The minimum atomic E-state index is 0.186. The zero-order chi connectivity index (χ0) is 14.1. The quantitative estimate of drug-likeness (QED) is 0.880. The molecule has 1 saturated heterocycles. The predicted molar refractivity (Wildman–Crippen MR) is 89.7 cm³/mol. The van der Waals surface area contributed by atoms with Crippen molar-refractivity contribution in [2.75, 3.05) is 31.1 Å². The SMILES string of the molecule is CC(C(N)=S)N1CCN(c2snc3ccccc23)CC1. The highest BCUT2D eigenvalue weighted by atomic mass is 32.1. The third-order valence-electron chi connectivity index (χ3n) is 3.93. The number of hydrogen-bond donors (Lipinski definition) is 1. The summed E-state index contributed by atoms with van der Waals surface area (Å²) in [4.78, 5) is 5.35. The highest BCUT2D eigenvalue weighted by molar-refractivity contribution is 7.80. The van der Waals surface area contributed by atoms with Crippen molar-refractivity contribution < 1.29 is 0 Å². The molecule has 106 valence electrons. The summed E-state index contributed by atoms with van der Waals surface area (Å²) in [6.45, 7) is 6.06. The fourth-order valence-corrected chi connectivity index (χ4v) is 3.66. The van der Waals surface area contributed by atoms with Gasteiger partial charge in [-0.25, -0.2) is 0 Å². The Morgan fingerprint density at radius 3 is 2.70 bits per heavy atom. The van der Waals surface area contributed by atoms with Crippen molar-refractivity contribution in [3.05, 3.63) is 24.3 Å². The van der Waals surface area contributed by atoms with Crippen LogP contribution in [0.5, 0.6) is 0 Å². The lowest BCUT2D eigenvalue weighted by Crippen LogP contribution is -2.52. The van der Waals surface area contributed by atoms with Gasteiger partial charge in [-0.3, -0.25) is 4.90 Å². The first-order valence-electron chi connectivity index (χ1n) is 6.79. The monoisotopic (exact) mass is 306 g/mol. The third-order valence-corrected chi connectivity index (χ3v) is 5.21. The van der Waals surface area contributed by atoms with Gasteiger partial charge in [0.05, 0.1) is 16.5 Å². The fraction of sp³-hybridized carbons (Fsp3) is 0.429. The summed E-state index contributed by atoms with van der Waals surface area (Å²) in [5, 5.41) is 2.54. The van der Waals surface area contributed by atoms with Crippen molar-refractivity contribution in [1.82, 2.24) is 9.27 Å². The Morgan fingerprint density at radius 1 is 1.30 bits per heavy atom. The van der Waals surface area contributed by atoms with Crippen molar-refractivity contribution in [2.24, 2.45) is 5.73 Å². The number of hydrogen-bond acceptors (Lipinski definition) is 5. The molecule has 2 heterocycles. The van der Waals surface area contributed by atoms with Crippen LogP contribution >= 0.6 is 23.8 Å². The molecule has 0 amide bonds. The van der Waals surface area contributed by atoms with E-state index in [1.54, 1.807) is 11.5 Å². The van der Waals surface area contributed by atoms with Crippen LogP contribution in [0.2, 0.25) is 0 Å². The lowest BCUT2D eigenvalue weighted by Gasteiger charge is -2.38. The Balaban J connectivity index is 1.74. The van der Waals surface area contributed by atoms with Crippen LogP contribution in [0.3, 0.4) is 0 Å². The van der Waals surface area contributed by atoms with E-state index in [4.69, 9.17) is 18.0 Å². The standard InChI is InChI=1S/C14H18N4S2/c1-10(13(15)19)17-6-8-18(9-7-17)14-11-4-2-3-5-12(11)16-20-14/h2-5,10H,6-9H2,1H3,(H2,15,19). The molecule has 1 aliphatic rings. The van der Waals surface area contributed by atoms with Gasteiger partial charge in [0.15, 0.2) is 0 Å². The maximum absolute atomic E-state index is 5.74. The van der Waals surface area contributed by atoms with E-state index in [0.717, 1.165) is 31.7 Å². The Morgan fingerprint density at radius 2 is 2.00 bits per heavy atom. The van der Waals surface area contributed by atoms with Crippen molar-refractivity contribution in [2.45, 2.75) is 13.0 Å². The van der Waals surface area contributed by atoms with E-state index in [1.807, 2.05) is 6.07 Å². The summed E-state index contributed by atoms with van der Waals surface area (Å²) in [6, 6.07) is 8.52. The maximum Gasteiger partial charge on any atom is 0.120 e. The Kier molecular flexibility index (Phi) is 3.87. The van der Waals surface area contributed by atoms with Crippen LogP contribution in [0.25, 0.3) is 10.9 Å². The molecule has 2 aromatic rings. The van der Waals surface area contributed by atoms with Crippen molar-refractivity contribution in [1.29, 1.82) is 0 Å². The third kappa shape index (κ3) is 2.51. The first kappa shape index (κ1) is 13.7. The van der Waals surface area contributed by atoms with Gasteiger partial charge in [-0.2, -0.15) is 4.37 Å². The molecule has 0 radical (unpaired) electrons. The van der Waals surface area contributed by atoms with Gasteiger partial charge in [0, 0.05) is 31.6 Å². The average molecular weight is 306 g/mol. The number of thiocarbonyl (C=S) groups is 1. The van der Waals surface area contributed by atoms with Crippen molar-refractivity contribution in [3.8, 4) is 0 Å². The summed E-state index contributed by atoms with van der Waals surface area (Å²) < 4.78 is 4.52. The molecule has 4 nitrogen and oxygen atoms in total. The van der Waals surface area contributed by atoms with Crippen molar-refractivity contribution >= 4 is 44.6 Å². The summed E-state index contributed by atoms with van der Waals surface area (Å²) >= 11 is 6.68. The number of nitrogens with two attached hydrogens (primary N) is 1. The topological polar surface area (TPSA) is 45.4 Å². The van der Waals surface area contributed by atoms with E-state index in [2.05, 4.69) is 39.3 Å². The van der Waals surface area contributed by atoms with E-state index in [0.29, 0.717) is 4.99 Å². The molecule has 1 aromatic heterocycles. The Bertz CT molecular complexity index is 616. The van der Waals surface area contributed by atoms with Crippen LogP contribution in [-0.2, 0) is 0 Å². The molecular weight excluding hydrogens is 288 g/mol. The molecule has 2 N–H and O–H groups in total. The van der Waals surface area contributed by atoms with Gasteiger partial charge >= 0.3 is 0 Å². The van der Waals surface area contributed by atoms with E-state index < -0.39 is 0 Å². The molecule has 6 heteroatoms. The lowest BCUT2D eigenvalue weighted by molar-refractivity contribution is 0.240. The number of fused-ring (bicyclic) bond motifs is 1. The van der Waals surface area contributed by atoms with Crippen LogP contribution < -0.4 is 10.6 Å².